The molecule has 4 nitrogen and oxygen atoms in total. The number of esters is 1. The molecule has 3 unspecified atom stereocenters. The van der Waals surface area contributed by atoms with Crippen molar-refractivity contribution in [2.75, 3.05) is 20.3 Å². The van der Waals surface area contributed by atoms with Crippen LogP contribution in [0.5, 0.6) is 0 Å². The molecule has 0 radical (unpaired) electrons. The van der Waals surface area contributed by atoms with E-state index in [1.165, 1.54) is 7.11 Å². The lowest BCUT2D eigenvalue weighted by Crippen LogP contribution is -2.52. The highest BCUT2D eigenvalue weighted by Gasteiger charge is 2.35. The number of rotatable bonds is 10. The summed E-state index contributed by atoms with van der Waals surface area (Å²) < 4.78 is 4.92. The standard InChI is InChI=1S/C14H29NO3S/c1-6-8-15-14(4,13(17)18-5)10-12(3)19-11(2)7-9-16/h11-12,15-16H,6-10H2,1-5H3. The fraction of sp³-hybridized carbons (Fsp3) is 0.929. The molecule has 0 aliphatic heterocycles. The number of hydrogen-bond acceptors (Lipinski definition) is 5. The Kier molecular flexibility index (Phi) is 9.48. The summed E-state index contributed by atoms with van der Waals surface area (Å²) in [5, 5.41) is 12.9. The van der Waals surface area contributed by atoms with Gasteiger partial charge in [0.15, 0.2) is 0 Å². The van der Waals surface area contributed by atoms with Gasteiger partial charge in [-0.25, -0.2) is 0 Å². The topological polar surface area (TPSA) is 58.6 Å². The van der Waals surface area contributed by atoms with Crippen LogP contribution >= 0.6 is 11.8 Å². The van der Waals surface area contributed by atoms with Crippen molar-refractivity contribution in [3.05, 3.63) is 0 Å². The van der Waals surface area contributed by atoms with E-state index in [4.69, 9.17) is 9.84 Å². The zero-order valence-electron chi connectivity index (χ0n) is 12.9. The molecular weight excluding hydrogens is 262 g/mol. The van der Waals surface area contributed by atoms with E-state index < -0.39 is 5.54 Å². The lowest BCUT2D eigenvalue weighted by Gasteiger charge is -2.31. The van der Waals surface area contributed by atoms with Gasteiger partial charge in [-0.15, -0.1) is 0 Å². The van der Waals surface area contributed by atoms with Gasteiger partial charge in [-0.1, -0.05) is 20.8 Å². The molecular formula is C14H29NO3S. The molecule has 5 heteroatoms. The average Bonchev–Trinajstić information content (AvgIpc) is 2.35. The van der Waals surface area contributed by atoms with E-state index in [2.05, 4.69) is 26.1 Å². The van der Waals surface area contributed by atoms with Crippen LogP contribution in [0.1, 0.15) is 47.0 Å². The Morgan fingerprint density at radius 2 is 2.05 bits per heavy atom. The van der Waals surface area contributed by atoms with Crippen molar-refractivity contribution in [3.63, 3.8) is 0 Å². The monoisotopic (exact) mass is 291 g/mol. The van der Waals surface area contributed by atoms with Crippen LogP contribution in [-0.2, 0) is 9.53 Å². The molecule has 0 rings (SSSR count). The molecule has 0 aliphatic carbocycles. The van der Waals surface area contributed by atoms with E-state index in [9.17, 15) is 4.79 Å². The van der Waals surface area contributed by atoms with E-state index in [1.54, 1.807) is 11.8 Å². The Bertz CT molecular complexity index is 263. The molecule has 0 aromatic carbocycles. The number of carbonyl (C=O) groups excluding carboxylic acids is 1. The number of aliphatic hydroxyl groups excluding tert-OH is 1. The Morgan fingerprint density at radius 1 is 1.42 bits per heavy atom. The Morgan fingerprint density at radius 3 is 2.53 bits per heavy atom. The van der Waals surface area contributed by atoms with Crippen molar-refractivity contribution in [2.24, 2.45) is 0 Å². The van der Waals surface area contributed by atoms with Crippen molar-refractivity contribution < 1.29 is 14.6 Å². The van der Waals surface area contributed by atoms with Crippen molar-refractivity contribution >= 4 is 17.7 Å². The Labute approximate surface area is 121 Å². The molecule has 0 saturated heterocycles. The van der Waals surface area contributed by atoms with Crippen LogP contribution in [-0.4, -0.2) is 47.4 Å². The van der Waals surface area contributed by atoms with Crippen LogP contribution in [0, 0.1) is 0 Å². The first-order chi connectivity index (χ1) is 8.89. The summed E-state index contributed by atoms with van der Waals surface area (Å²) in [5.74, 6) is -0.205. The molecule has 3 atom stereocenters. The van der Waals surface area contributed by atoms with Crippen LogP contribution in [0.25, 0.3) is 0 Å². The first-order valence-electron chi connectivity index (χ1n) is 6.99. The number of ether oxygens (including phenoxy) is 1. The average molecular weight is 291 g/mol. The van der Waals surface area contributed by atoms with Crippen molar-refractivity contribution in [2.45, 2.75) is 63.0 Å². The largest absolute Gasteiger partial charge is 0.468 e. The first-order valence-corrected chi connectivity index (χ1v) is 7.93. The maximum atomic E-state index is 12.0. The third-order valence-electron chi connectivity index (χ3n) is 3.10. The predicted octanol–water partition coefficient (Wildman–Crippen LogP) is 2.20. The summed E-state index contributed by atoms with van der Waals surface area (Å²) in [4.78, 5) is 12.0. The van der Waals surface area contributed by atoms with Crippen LogP contribution in [0.2, 0.25) is 0 Å². The van der Waals surface area contributed by atoms with Crippen LogP contribution in [0.4, 0.5) is 0 Å². The second kappa shape index (κ2) is 9.61. The number of hydrogen-bond donors (Lipinski definition) is 2. The van der Waals surface area contributed by atoms with Gasteiger partial charge in [0.25, 0.3) is 0 Å². The van der Waals surface area contributed by atoms with Crippen LogP contribution in [0.15, 0.2) is 0 Å². The Hall–Kier alpha value is -0.260. The molecule has 0 spiro atoms. The van der Waals surface area contributed by atoms with Crippen molar-refractivity contribution in [1.29, 1.82) is 0 Å². The molecule has 0 aromatic heterocycles. The van der Waals surface area contributed by atoms with E-state index in [1.807, 2.05) is 6.92 Å². The number of methoxy groups -OCH3 is 1. The minimum Gasteiger partial charge on any atom is -0.468 e. The Balaban J connectivity index is 4.49. The number of aliphatic hydroxyl groups is 1. The summed E-state index contributed by atoms with van der Waals surface area (Å²) in [7, 11) is 1.43. The van der Waals surface area contributed by atoms with Gasteiger partial charge in [0.1, 0.15) is 5.54 Å². The molecule has 2 N–H and O–H groups in total. The maximum absolute atomic E-state index is 12.0. The second-order valence-corrected chi connectivity index (χ2v) is 7.11. The van der Waals surface area contributed by atoms with Gasteiger partial charge in [0, 0.05) is 17.1 Å². The predicted molar refractivity (Wildman–Crippen MR) is 81.5 cm³/mol. The summed E-state index contributed by atoms with van der Waals surface area (Å²) in [5.41, 5.74) is -0.629. The summed E-state index contributed by atoms with van der Waals surface area (Å²) in [6, 6.07) is 0. The zero-order valence-corrected chi connectivity index (χ0v) is 13.7. The van der Waals surface area contributed by atoms with Gasteiger partial charge in [-0.3, -0.25) is 4.79 Å². The maximum Gasteiger partial charge on any atom is 0.325 e. The van der Waals surface area contributed by atoms with Gasteiger partial charge in [0.05, 0.1) is 7.11 Å². The number of thioether (sulfide) groups is 1. The van der Waals surface area contributed by atoms with E-state index in [0.717, 1.165) is 25.8 Å². The van der Waals surface area contributed by atoms with E-state index >= 15 is 0 Å². The molecule has 19 heavy (non-hydrogen) atoms. The summed E-state index contributed by atoms with van der Waals surface area (Å²) >= 11 is 1.80. The molecule has 0 aromatic rings. The summed E-state index contributed by atoms with van der Waals surface area (Å²) in [6.45, 7) is 9.21. The highest BCUT2D eigenvalue weighted by Crippen LogP contribution is 2.27. The molecule has 0 saturated carbocycles. The van der Waals surface area contributed by atoms with E-state index in [0.29, 0.717) is 10.5 Å². The van der Waals surface area contributed by atoms with Gasteiger partial charge in [-0.05, 0) is 32.7 Å². The normalized spacial score (nSPS) is 17.6. The second-order valence-electron chi connectivity index (χ2n) is 5.22. The number of nitrogens with one attached hydrogen (secondary N) is 1. The minimum absolute atomic E-state index is 0.205. The molecule has 0 aliphatic rings. The molecule has 0 amide bonds. The fourth-order valence-electron chi connectivity index (χ4n) is 2.12. The highest BCUT2D eigenvalue weighted by molar-refractivity contribution is 8.00. The third-order valence-corrected chi connectivity index (χ3v) is 4.43. The molecule has 0 heterocycles. The SMILES string of the molecule is CCCNC(C)(CC(C)SC(C)CCO)C(=O)OC. The fourth-order valence-corrected chi connectivity index (χ4v) is 3.59. The van der Waals surface area contributed by atoms with Gasteiger partial charge < -0.3 is 15.2 Å². The third kappa shape index (κ3) is 7.18. The smallest absolute Gasteiger partial charge is 0.325 e. The zero-order chi connectivity index (χ0) is 14.9. The lowest BCUT2D eigenvalue weighted by atomic mass is 9.96. The van der Waals surface area contributed by atoms with Gasteiger partial charge >= 0.3 is 5.97 Å². The van der Waals surface area contributed by atoms with Crippen molar-refractivity contribution in [1.82, 2.24) is 5.32 Å². The summed E-state index contributed by atoms with van der Waals surface area (Å²) in [6.07, 6.45) is 2.49. The van der Waals surface area contributed by atoms with E-state index in [-0.39, 0.29) is 12.6 Å². The number of carbonyl (C=O) groups is 1. The minimum atomic E-state index is -0.629. The van der Waals surface area contributed by atoms with Crippen LogP contribution < -0.4 is 5.32 Å². The van der Waals surface area contributed by atoms with Gasteiger partial charge in [-0.2, -0.15) is 11.8 Å². The molecule has 0 bridgehead atoms. The lowest BCUT2D eigenvalue weighted by molar-refractivity contribution is -0.148. The van der Waals surface area contributed by atoms with Crippen LogP contribution in [0.3, 0.4) is 0 Å². The first kappa shape index (κ1) is 18.7. The highest BCUT2D eigenvalue weighted by atomic mass is 32.2. The van der Waals surface area contributed by atoms with Gasteiger partial charge in [0.2, 0.25) is 0 Å². The quantitative estimate of drug-likeness (QED) is 0.604. The van der Waals surface area contributed by atoms with Crippen molar-refractivity contribution in [3.8, 4) is 0 Å². The molecule has 0 fully saturated rings. The molecule has 114 valence electrons.